The molecule has 18 heavy (non-hydrogen) atoms. The second kappa shape index (κ2) is 5.49. The van der Waals surface area contributed by atoms with Gasteiger partial charge in [0.1, 0.15) is 16.6 Å². The standard InChI is InChI=1S/C11H8BrClFN3O/c1-15-10-8(12)11(17-5-16-10)18-7-4-2-3-6(13)9(7)14/h2-5H,1H3,(H,15,16,17). The minimum Gasteiger partial charge on any atom is -0.435 e. The molecular weight excluding hydrogens is 324 g/mol. The first-order chi connectivity index (χ1) is 8.63. The SMILES string of the molecule is CNc1ncnc(Oc2cccc(Cl)c2F)c1Br. The van der Waals surface area contributed by atoms with Crippen LogP contribution in [0.1, 0.15) is 0 Å². The third kappa shape index (κ3) is 2.54. The van der Waals surface area contributed by atoms with Crippen LogP contribution in [0.15, 0.2) is 29.0 Å². The first-order valence-electron chi connectivity index (χ1n) is 4.93. The second-order valence-corrected chi connectivity index (χ2v) is 4.45. The molecule has 2 aromatic rings. The highest BCUT2D eigenvalue weighted by atomic mass is 79.9. The number of ether oxygens (including phenoxy) is 1. The highest BCUT2D eigenvalue weighted by Crippen LogP contribution is 2.34. The zero-order valence-electron chi connectivity index (χ0n) is 9.25. The maximum absolute atomic E-state index is 13.7. The zero-order valence-corrected chi connectivity index (χ0v) is 11.6. The van der Waals surface area contributed by atoms with Crippen molar-refractivity contribution in [2.24, 2.45) is 0 Å². The summed E-state index contributed by atoms with van der Waals surface area (Å²) in [6, 6.07) is 4.50. The normalized spacial score (nSPS) is 10.2. The van der Waals surface area contributed by atoms with E-state index in [1.165, 1.54) is 18.5 Å². The van der Waals surface area contributed by atoms with E-state index >= 15 is 0 Å². The highest BCUT2D eigenvalue weighted by Gasteiger charge is 2.13. The van der Waals surface area contributed by atoms with Crippen LogP contribution in [0.4, 0.5) is 10.2 Å². The Morgan fingerprint density at radius 3 is 2.89 bits per heavy atom. The van der Waals surface area contributed by atoms with Gasteiger partial charge in [-0.1, -0.05) is 17.7 Å². The molecule has 0 saturated heterocycles. The van der Waals surface area contributed by atoms with E-state index in [1.807, 2.05) is 0 Å². The molecule has 0 radical (unpaired) electrons. The highest BCUT2D eigenvalue weighted by molar-refractivity contribution is 9.10. The molecule has 0 amide bonds. The molecule has 0 fully saturated rings. The molecule has 2 rings (SSSR count). The van der Waals surface area contributed by atoms with Gasteiger partial charge in [0.15, 0.2) is 11.6 Å². The number of benzene rings is 1. The molecule has 0 bridgehead atoms. The van der Waals surface area contributed by atoms with Gasteiger partial charge in [0.25, 0.3) is 0 Å². The van der Waals surface area contributed by atoms with Crippen molar-refractivity contribution in [2.75, 3.05) is 12.4 Å². The van der Waals surface area contributed by atoms with E-state index in [0.717, 1.165) is 0 Å². The first-order valence-corrected chi connectivity index (χ1v) is 6.10. The smallest absolute Gasteiger partial charge is 0.239 e. The van der Waals surface area contributed by atoms with Crippen LogP contribution in [0.5, 0.6) is 11.6 Å². The Hall–Kier alpha value is -1.40. The molecule has 1 aromatic carbocycles. The maximum atomic E-state index is 13.7. The van der Waals surface area contributed by atoms with Gasteiger partial charge in [0.2, 0.25) is 5.88 Å². The van der Waals surface area contributed by atoms with Crippen molar-refractivity contribution in [1.29, 1.82) is 0 Å². The lowest BCUT2D eigenvalue weighted by Gasteiger charge is -2.09. The van der Waals surface area contributed by atoms with E-state index in [9.17, 15) is 4.39 Å². The molecule has 4 nitrogen and oxygen atoms in total. The topological polar surface area (TPSA) is 47.0 Å². The number of hydrogen-bond donors (Lipinski definition) is 1. The number of rotatable bonds is 3. The van der Waals surface area contributed by atoms with Crippen molar-refractivity contribution in [3.8, 4) is 11.6 Å². The summed E-state index contributed by atoms with van der Waals surface area (Å²) in [4.78, 5) is 7.89. The van der Waals surface area contributed by atoms with Gasteiger partial charge >= 0.3 is 0 Å². The predicted molar refractivity (Wildman–Crippen MR) is 70.8 cm³/mol. The fourth-order valence-corrected chi connectivity index (χ4v) is 1.92. The van der Waals surface area contributed by atoms with Crippen LogP contribution in [0, 0.1) is 5.82 Å². The fourth-order valence-electron chi connectivity index (χ4n) is 1.27. The lowest BCUT2D eigenvalue weighted by Crippen LogP contribution is -1.98. The summed E-state index contributed by atoms with van der Waals surface area (Å²) >= 11 is 8.94. The number of nitrogens with one attached hydrogen (secondary N) is 1. The predicted octanol–water partition coefficient (Wildman–Crippen LogP) is 3.87. The first kappa shape index (κ1) is 13.0. The Morgan fingerprint density at radius 2 is 2.17 bits per heavy atom. The molecule has 1 heterocycles. The lowest BCUT2D eigenvalue weighted by molar-refractivity contribution is 0.424. The van der Waals surface area contributed by atoms with Crippen molar-refractivity contribution < 1.29 is 9.13 Å². The number of aromatic nitrogens is 2. The molecule has 0 aliphatic rings. The Labute approximate surface area is 116 Å². The molecule has 94 valence electrons. The van der Waals surface area contributed by atoms with Gasteiger partial charge in [-0.2, -0.15) is 0 Å². The molecule has 0 aliphatic carbocycles. The van der Waals surface area contributed by atoms with Crippen LogP contribution in [0.2, 0.25) is 5.02 Å². The second-order valence-electron chi connectivity index (χ2n) is 3.25. The van der Waals surface area contributed by atoms with Gasteiger partial charge in [-0.05, 0) is 28.1 Å². The minimum atomic E-state index is -0.629. The number of hydrogen-bond acceptors (Lipinski definition) is 4. The molecule has 1 N–H and O–H groups in total. The van der Waals surface area contributed by atoms with Crippen LogP contribution >= 0.6 is 27.5 Å². The van der Waals surface area contributed by atoms with Gasteiger partial charge in [0, 0.05) is 7.05 Å². The Bertz CT molecular complexity index is 582. The maximum Gasteiger partial charge on any atom is 0.239 e. The Morgan fingerprint density at radius 1 is 1.39 bits per heavy atom. The average Bonchev–Trinajstić information content (AvgIpc) is 2.37. The minimum absolute atomic E-state index is 0.00366. The summed E-state index contributed by atoms with van der Waals surface area (Å²) in [5, 5.41) is 2.84. The van der Waals surface area contributed by atoms with E-state index in [4.69, 9.17) is 16.3 Å². The third-order valence-corrected chi connectivity index (χ3v) is 3.12. The summed E-state index contributed by atoms with van der Waals surface area (Å²) in [7, 11) is 1.71. The number of anilines is 1. The van der Waals surface area contributed by atoms with Crippen molar-refractivity contribution >= 4 is 33.3 Å². The molecular formula is C11H8BrClFN3O. The molecule has 7 heteroatoms. The summed E-state index contributed by atoms with van der Waals surface area (Å²) < 4.78 is 19.5. The van der Waals surface area contributed by atoms with E-state index in [-0.39, 0.29) is 16.7 Å². The van der Waals surface area contributed by atoms with Crippen LogP contribution in [0.3, 0.4) is 0 Å². The Balaban J connectivity index is 2.37. The van der Waals surface area contributed by atoms with Crippen molar-refractivity contribution in [3.63, 3.8) is 0 Å². The Kier molecular flexibility index (Phi) is 3.98. The van der Waals surface area contributed by atoms with Gasteiger partial charge in [-0.3, -0.25) is 0 Å². The third-order valence-electron chi connectivity index (χ3n) is 2.12. The largest absolute Gasteiger partial charge is 0.435 e. The van der Waals surface area contributed by atoms with Gasteiger partial charge in [-0.15, -0.1) is 0 Å². The van der Waals surface area contributed by atoms with Crippen LogP contribution < -0.4 is 10.1 Å². The van der Waals surface area contributed by atoms with E-state index in [1.54, 1.807) is 13.1 Å². The zero-order chi connectivity index (χ0) is 13.1. The summed E-state index contributed by atoms with van der Waals surface area (Å²) in [5.41, 5.74) is 0. The van der Waals surface area contributed by atoms with E-state index in [0.29, 0.717) is 10.3 Å². The van der Waals surface area contributed by atoms with Crippen molar-refractivity contribution in [1.82, 2.24) is 9.97 Å². The van der Waals surface area contributed by atoms with E-state index in [2.05, 4.69) is 31.2 Å². The van der Waals surface area contributed by atoms with Gasteiger partial charge in [0.05, 0.1) is 5.02 Å². The number of halogens is 3. The molecule has 1 aromatic heterocycles. The summed E-state index contributed by atoms with van der Waals surface area (Å²) in [6.07, 6.45) is 1.31. The molecule has 0 saturated carbocycles. The van der Waals surface area contributed by atoms with Crippen molar-refractivity contribution in [2.45, 2.75) is 0 Å². The molecule has 0 atom stereocenters. The summed E-state index contributed by atoms with van der Waals surface area (Å²) in [6.45, 7) is 0. The summed E-state index contributed by atoms with van der Waals surface area (Å²) in [5.74, 6) is 0.123. The molecule has 0 aliphatic heterocycles. The van der Waals surface area contributed by atoms with Gasteiger partial charge in [-0.25, -0.2) is 14.4 Å². The molecule has 0 spiro atoms. The van der Waals surface area contributed by atoms with Gasteiger partial charge < -0.3 is 10.1 Å². The van der Waals surface area contributed by atoms with Crippen molar-refractivity contribution in [3.05, 3.63) is 39.8 Å². The van der Waals surface area contributed by atoms with E-state index < -0.39 is 5.82 Å². The fraction of sp³-hybridized carbons (Fsp3) is 0.0909. The van der Waals surface area contributed by atoms with Crippen LogP contribution in [-0.4, -0.2) is 17.0 Å². The monoisotopic (exact) mass is 331 g/mol. The average molecular weight is 333 g/mol. The number of nitrogens with zero attached hydrogens (tertiary/aromatic N) is 2. The molecule has 0 unspecified atom stereocenters. The van der Waals surface area contributed by atoms with Crippen LogP contribution in [-0.2, 0) is 0 Å². The lowest BCUT2D eigenvalue weighted by atomic mass is 10.3. The quantitative estimate of drug-likeness (QED) is 0.927. The van der Waals surface area contributed by atoms with Crippen LogP contribution in [0.25, 0.3) is 0 Å².